The maximum atomic E-state index is 12.3. The Hall–Kier alpha value is -3.65. The summed E-state index contributed by atoms with van der Waals surface area (Å²) in [6.07, 6.45) is 3.54. The Bertz CT molecular complexity index is 1240. The number of hydrogen-bond donors (Lipinski definition) is 1. The van der Waals surface area contributed by atoms with Crippen molar-refractivity contribution in [2.45, 2.75) is 19.0 Å². The predicted molar refractivity (Wildman–Crippen MR) is 128 cm³/mol. The number of rotatable bonds is 7. The van der Waals surface area contributed by atoms with Crippen LogP contribution in [0.15, 0.2) is 77.1 Å². The van der Waals surface area contributed by atoms with Gasteiger partial charge in [0, 0.05) is 24.5 Å². The highest BCUT2D eigenvalue weighted by Crippen LogP contribution is 2.28. The molecule has 4 aromatic rings. The van der Waals surface area contributed by atoms with Crippen LogP contribution in [0.1, 0.15) is 16.8 Å². The number of aromatic nitrogens is 4. The lowest BCUT2D eigenvalue weighted by molar-refractivity contribution is -0.118. The molecule has 162 valence electrons. The molecule has 1 amide bonds. The first kappa shape index (κ1) is 21.6. The Kier molecular flexibility index (Phi) is 6.51. The molecule has 8 heteroatoms. The SMILES string of the molecule is Cc1ccc(-c2nnc(SCC(=O)NN=Cc3cccn3C)n2-c2ccc(C)cc2)cc1. The highest BCUT2D eigenvalue weighted by Gasteiger charge is 2.17. The predicted octanol–water partition coefficient (Wildman–Crippen LogP) is 4.13. The van der Waals surface area contributed by atoms with Crippen LogP contribution in [-0.4, -0.2) is 37.2 Å². The van der Waals surface area contributed by atoms with Gasteiger partial charge in [-0.05, 0) is 38.1 Å². The quantitative estimate of drug-likeness (QED) is 0.264. The van der Waals surface area contributed by atoms with Crippen molar-refractivity contribution in [3.63, 3.8) is 0 Å². The van der Waals surface area contributed by atoms with Crippen molar-refractivity contribution in [3.05, 3.63) is 83.7 Å². The van der Waals surface area contributed by atoms with Gasteiger partial charge in [0.15, 0.2) is 11.0 Å². The summed E-state index contributed by atoms with van der Waals surface area (Å²) in [6.45, 7) is 4.10. The minimum atomic E-state index is -0.212. The number of hydrogen-bond acceptors (Lipinski definition) is 5. The summed E-state index contributed by atoms with van der Waals surface area (Å²) in [4.78, 5) is 12.3. The summed E-state index contributed by atoms with van der Waals surface area (Å²) in [5.74, 6) is 0.692. The Morgan fingerprint density at radius 1 is 1.03 bits per heavy atom. The second-order valence-corrected chi connectivity index (χ2v) is 8.41. The molecule has 7 nitrogen and oxygen atoms in total. The molecule has 0 aliphatic rings. The van der Waals surface area contributed by atoms with Crippen molar-refractivity contribution in [3.8, 4) is 17.1 Å². The van der Waals surface area contributed by atoms with Crippen molar-refractivity contribution in [2.24, 2.45) is 12.1 Å². The minimum Gasteiger partial charge on any atom is -0.350 e. The Labute approximate surface area is 191 Å². The van der Waals surface area contributed by atoms with Crippen LogP contribution < -0.4 is 5.43 Å². The van der Waals surface area contributed by atoms with Gasteiger partial charge in [0.05, 0.1) is 17.7 Å². The molecule has 0 aliphatic carbocycles. The molecule has 2 heterocycles. The third-order valence-corrected chi connectivity index (χ3v) is 5.87. The largest absolute Gasteiger partial charge is 0.350 e. The van der Waals surface area contributed by atoms with E-state index >= 15 is 0 Å². The molecule has 0 spiro atoms. The molecule has 1 N–H and O–H groups in total. The summed E-state index contributed by atoms with van der Waals surface area (Å²) in [5, 5.41) is 13.5. The first-order valence-corrected chi connectivity index (χ1v) is 11.2. The van der Waals surface area contributed by atoms with Crippen LogP contribution in [-0.2, 0) is 11.8 Å². The lowest BCUT2D eigenvalue weighted by Crippen LogP contribution is -2.20. The van der Waals surface area contributed by atoms with Crippen LogP contribution in [0.25, 0.3) is 17.1 Å². The fraction of sp³-hybridized carbons (Fsp3) is 0.167. The lowest BCUT2D eigenvalue weighted by atomic mass is 10.1. The fourth-order valence-corrected chi connectivity index (χ4v) is 3.87. The Morgan fingerprint density at radius 2 is 1.72 bits per heavy atom. The topological polar surface area (TPSA) is 77.1 Å². The highest BCUT2D eigenvalue weighted by molar-refractivity contribution is 7.99. The summed E-state index contributed by atoms with van der Waals surface area (Å²) in [5.41, 5.74) is 7.73. The van der Waals surface area contributed by atoms with Gasteiger partial charge in [0.25, 0.3) is 5.91 Å². The summed E-state index contributed by atoms with van der Waals surface area (Å²) < 4.78 is 3.90. The maximum Gasteiger partial charge on any atom is 0.250 e. The maximum absolute atomic E-state index is 12.3. The van der Waals surface area contributed by atoms with Gasteiger partial charge in [-0.2, -0.15) is 5.10 Å². The molecule has 0 aliphatic heterocycles. The number of carbonyl (C=O) groups excluding carboxylic acids is 1. The van der Waals surface area contributed by atoms with Crippen LogP contribution in [0.3, 0.4) is 0 Å². The molecule has 0 saturated heterocycles. The average molecular weight is 445 g/mol. The molecule has 0 saturated carbocycles. The lowest BCUT2D eigenvalue weighted by Gasteiger charge is -2.11. The van der Waals surface area contributed by atoms with Crippen molar-refractivity contribution in [1.29, 1.82) is 0 Å². The summed E-state index contributed by atoms with van der Waals surface area (Å²) >= 11 is 1.32. The number of benzene rings is 2. The molecule has 0 radical (unpaired) electrons. The number of amides is 1. The molecule has 32 heavy (non-hydrogen) atoms. The molecular weight excluding hydrogens is 420 g/mol. The van der Waals surface area contributed by atoms with E-state index < -0.39 is 0 Å². The van der Waals surface area contributed by atoms with Crippen molar-refractivity contribution < 1.29 is 4.79 Å². The number of thioether (sulfide) groups is 1. The van der Waals surface area contributed by atoms with E-state index in [4.69, 9.17) is 0 Å². The zero-order valence-electron chi connectivity index (χ0n) is 18.2. The van der Waals surface area contributed by atoms with Gasteiger partial charge in [-0.1, -0.05) is 59.3 Å². The number of aryl methyl sites for hydroxylation is 3. The van der Waals surface area contributed by atoms with E-state index in [1.165, 1.54) is 22.9 Å². The minimum absolute atomic E-state index is 0.169. The van der Waals surface area contributed by atoms with Gasteiger partial charge >= 0.3 is 0 Å². The van der Waals surface area contributed by atoms with Crippen LogP contribution in [0.4, 0.5) is 0 Å². The standard InChI is InChI=1S/C24H24N6OS/c1-17-6-10-19(11-7-17)23-27-28-24(30(23)20-12-8-18(2)9-13-20)32-16-22(31)26-25-15-21-5-4-14-29(21)3/h4-15H,16H2,1-3H3,(H,26,31). The summed E-state index contributed by atoms with van der Waals surface area (Å²) in [6, 6.07) is 20.2. The molecule has 4 rings (SSSR count). The van der Waals surface area contributed by atoms with Gasteiger partial charge in [0.2, 0.25) is 0 Å². The molecule has 0 bridgehead atoms. The second-order valence-electron chi connectivity index (χ2n) is 7.47. The second kappa shape index (κ2) is 9.65. The number of nitrogens with one attached hydrogen (secondary N) is 1. The summed E-state index contributed by atoms with van der Waals surface area (Å²) in [7, 11) is 1.92. The van der Waals surface area contributed by atoms with Crippen molar-refractivity contribution >= 4 is 23.9 Å². The van der Waals surface area contributed by atoms with Crippen LogP contribution >= 0.6 is 11.8 Å². The first-order chi connectivity index (χ1) is 15.5. The first-order valence-electron chi connectivity index (χ1n) is 10.2. The molecule has 0 atom stereocenters. The van der Waals surface area contributed by atoms with E-state index in [0.717, 1.165) is 22.8 Å². The Morgan fingerprint density at radius 3 is 2.38 bits per heavy atom. The van der Waals surface area contributed by atoms with Crippen LogP contribution in [0.5, 0.6) is 0 Å². The van der Waals surface area contributed by atoms with E-state index in [2.05, 4.69) is 39.8 Å². The van der Waals surface area contributed by atoms with E-state index in [9.17, 15) is 4.79 Å². The zero-order valence-corrected chi connectivity index (χ0v) is 19.0. The van der Waals surface area contributed by atoms with Gasteiger partial charge in [-0.15, -0.1) is 10.2 Å². The van der Waals surface area contributed by atoms with Crippen molar-refractivity contribution in [1.82, 2.24) is 24.8 Å². The number of nitrogens with zero attached hydrogens (tertiary/aromatic N) is 5. The molecular formula is C24H24N6OS. The number of carbonyl (C=O) groups is 1. The van der Waals surface area contributed by atoms with E-state index in [1.807, 2.05) is 77.8 Å². The van der Waals surface area contributed by atoms with E-state index in [1.54, 1.807) is 6.21 Å². The molecule has 2 aromatic heterocycles. The van der Waals surface area contributed by atoms with E-state index in [0.29, 0.717) is 5.16 Å². The van der Waals surface area contributed by atoms with Gasteiger partial charge in [0.1, 0.15) is 0 Å². The third-order valence-electron chi connectivity index (χ3n) is 4.94. The van der Waals surface area contributed by atoms with Crippen LogP contribution in [0, 0.1) is 13.8 Å². The normalized spacial score (nSPS) is 11.2. The van der Waals surface area contributed by atoms with Gasteiger partial charge < -0.3 is 4.57 Å². The number of hydrazone groups is 1. The Balaban J connectivity index is 1.53. The monoisotopic (exact) mass is 444 g/mol. The molecule has 0 fully saturated rings. The molecule has 0 unspecified atom stereocenters. The molecule has 2 aromatic carbocycles. The average Bonchev–Trinajstić information content (AvgIpc) is 3.40. The van der Waals surface area contributed by atoms with Crippen molar-refractivity contribution in [2.75, 3.05) is 5.75 Å². The van der Waals surface area contributed by atoms with Gasteiger partial charge in [-0.3, -0.25) is 9.36 Å². The zero-order chi connectivity index (χ0) is 22.5. The third kappa shape index (κ3) is 4.97. The fourth-order valence-electron chi connectivity index (χ4n) is 3.12. The van der Waals surface area contributed by atoms with Gasteiger partial charge in [-0.25, -0.2) is 5.43 Å². The smallest absolute Gasteiger partial charge is 0.250 e. The van der Waals surface area contributed by atoms with Crippen LogP contribution in [0.2, 0.25) is 0 Å². The van der Waals surface area contributed by atoms with E-state index in [-0.39, 0.29) is 11.7 Å². The highest BCUT2D eigenvalue weighted by atomic mass is 32.2.